The Morgan fingerprint density at radius 1 is 0.333 bits per heavy atom. The van der Waals surface area contributed by atoms with Crippen LogP contribution >= 0.6 is 0 Å². The molecule has 7 aromatic carbocycles. The van der Waals surface area contributed by atoms with Crippen molar-refractivity contribution in [3.63, 3.8) is 0 Å². The van der Waals surface area contributed by atoms with Crippen LogP contribution in [0.4, 0.5) is 0 Å². The molecule has 0 atom stereocenters. The van der Waals surface area contributed by atoms with Gasteiger partial charge in [0.25, 0.3) is 0 Å². The number of phenolic OH excluding ortho intramolecular Hbond substituents is 3. The van der Waals surface area contributed by atoms with Crippen LogP contribution in [0.15, 0.2) is 169 Å². The van der Waals surface area contributed by atoms with Crippen LogP contribution < -0.4 is 5.43 Å². The number of benzene rings is 7. The fourth-order valence-corrected chi connectivity index (χ4v) is 4.75. The molecular weight excluding hydrogens is 969 g/mol. The van der Waals surface area contributed by atoms with Crippen LogP contribution in [-0.4, -0.2) is 20.3 Å². The number of fused-ring (bicyclic) bond motifs is 4. The van der Waals surface area contributed by atoms with Gasteiger partial charge in [-0.25, -0.2) is 0 Å². The number of rotatable bonds is 0. The van der Waals surface area contributed by atoms with E-state index in [9.17, 15) is 20.1 Å². The van der Waals surface area contributed by atoms with Crippen molar-refractivity contribution >= 4 is 43.2 Å². The molecule has 8 heteroatoms. The van der Waals surface area contributed by atoms with E-state index in [1.807, 2.05) is 203 Å². The van der Waals surface area contributed by atoms with Gasteiger partial charge in [-0.1, -0.05) is 191 Å². The van der Waals surface area contributed by atoms with E-state index in [2.05, 4.69) is 4.98 Å². The van der Waals surface area contributed by atoms with E-state index in [-0.39, 0.29) is 126 Å². The Bertz CT molecular complexity index is 2020. The molecule has 4 N–H and O–H groups in total. The fraction of sp³-hybridized carbons (Fsp3) is 0.192. The van der Waals surface area contributed by atoms with Gasteiger partial charge in [-0.05, 0) is 46.5 Å². The van der Waals surface area contributed by atoms with Gasteiger partial charge >= 0.3 is 0 Å². The van der Waals surface area contributed by atoms with E-state index in [0.717, 1.165) is 43.2 Å². The molecule has 1 aromatic heterocycles. The minimum absolute atomic E-state index is 0. The summed E-state index contributed by atoms with van der Waals surface area (Å²) in [6.07, 6.45) is 1.66. The Morgan fingerprint density at radius 2 is 0.583 bits per heavy atom. The first-order valence-corrected chi connectivity index (χ1v) is 19.1. The normalized spacial score (nSPS) is 7.97. The molecule has 0 saturated heterocycles. The zero-order chi connectivity index (χ0) is 40.7. The summed E-state index contributed by atoms with van der Waals surface area (Å²) in [7, 11) is 0. The molecule has 0 amide bonds. The van der Waals surface area contributed by atoms with Crippen molar-refractivity contribution in [2.24, 2.45) is 0 Å². The molecule has 5 nitrogen and oxygen atoms in total. The van der Waals surface area contributed by atoms with Gasteiger partial charge in [-0.15, -0.1) is 0 Å². The molecule has 319 valence electrons. The van der Waals surface area contributed by atoms with Gasteiger partial charge in [0.1, 0.15) is 17.2 Å². The van der Waals surface area contributed by atoms with Gasteiger partial charge in [0, 0.05) is 137 Å². The quantitative estimate of drug-likeness (QED) is 0.114. The smallest absolute Gasteiger partial charge is 0.189 e. The summed E-state index contributed by atoms with van der Waals surface area (Å²) in [6.45, 7) is 20.0. The molecule has 0 aliphatic heterocycles. The predicted octanol–water partition coefficient (Wildman–Crippen LogP) is 15.6. The van der Waals surface area contributed by atoms with Crippen LogP contribution in [0.25, 0.3) is 43.2 Å². The zero-order valence-corrected chi connectivity index (χ0v) is 47.1. The Kier molecular flexibility index (Phi) is 54.7. The van der Waals surface area contributed by atoms with E-state index >= 15 is 0 Å². The molecule has 1 heterocycles. The molecule has 0 aliphatic rings. The second kappa shape index (κ2) is 45.8. The van der Waals surface area contributed by atoms with Crippen LogP contribution in [0.2, 0.25) is 0 Å². The average molecular weight is 1040 g/mol. The molecule has 0 spiro atoms. The van der Waals surface area contributed by atoms with Gasteiger partial charge in [-0.3, -0.25) is 4.79 Å². The molecule has 60 heavy (non-hydrogen) atoms. The molecule has 0 unspecified atom stereocenters. The number of aromatic amines is 1. The summed E-state index contributed by atoms with van der Waals surface area (Å²) in [5, 5.41) is 34.8. The molecule has 8 aromatic rings. The van der Waals surface area contributed by atoms with Crippen LogP contribution in [0.5, 0.6) is 17.2 Å². The fourth-order valence-electron chi connectivity index (χ4n) is 4.75. The second-order valence-corrected chi connectivity index (χ2v) is 9.88. The van der Waals surface area contributed by atoms with Crippen LogP contribution in [0.1, 0.15) is 69.2 Å². The summed E-state index contributed by atoms with van der Waals surface area (Å²) in [4.78, 5) is 14.2. The first-order valence-electron chi connectivity index (χ1n) is 19.1. The summed E-state index contributed by atoms with van der Waals surface area (Å²) >= 11 is 0. The van der Waals surface area contributed by atoms with Crippen molar-refractivity contribution in [2.45, 2.75) is 69.2 Å². The van der Waals surface area contributed by atoms with Gasteiger partial charge < -0.3 is 42.6 Å². The SMILES string of the molecule is CC.CC.CC.CC.CC.O=c1cc[nH]c2ccccc12.Oc1cccc2ccccc12.Oc1cccc2ccccc12.Oc1cccc2ccccc12.[CH3-].[CH3-].[CH3-].[Y].[Y].[Y]. The molecule has 0 fully saturated rings. The number of hydrogen-bond acceptors (Lipinski definition) is 4. The van der Waals surface area contributed by atoms with Gasteiger partial charge in [0.2, 0.25) is 0 Å². The van der Waals surface area contributed by atoms with Gasteiger partial charge in [0.05, 0.1) is 0 Å². The third-order valence-electron chi connectivity index (χ3n) is 6.97. The third-order valence-corrected chi connectivity index (χ3v) is 6.97. The van der Waals surface area contributed by atoms with Crippen molar-refractivity contribution in [2.75, 3.05) is 0 Å². The first-order chi connectivity index (χ1) is 26.5. The van der Waals surface area contributed by atoms with Crippen molar-refractivity contribution in [3.8, 4) is 17.2 Å². The second-order valence-electron chi connectivity index (χ2n) is 9.88. The molecule has 3 radical (unpaired) electrons. The molecule has 8 rings (SSSR count). The van der Waals surface area contributed by atoms with E-state index in [1.165, 1.54) is 6.07 Å². The van der Waals surface area contributed by atoms with Crippen molar-refractivity contribution in [1.29, 1.82) is 0 Å². The van der Waals surface area contributed by atoms with Crippen LogP contribution in [-0.2, 0) is 98.1 Å². The maximum atomic E-state index is 11.2. The molecular formula is C52H70NO4Y3-3. The van der Waals surface area contributed by atoms with Crippen LogP contribution in [0.3, 0.4) is 0 Å². The van der Waals surface area contributed by atoms with Crippen molar-refractivity contribution in [3.05, 3.63) is 196 Å². The van der Waals surface area contributed by atoms with Crippen LogP contribution in [0, 0.1) is 22.3 Å². The number of H-pyrrole nitrogens is 1. The first kappa shape index (κ1) is 71.7. The monoisotopic (exact) mass is 1040 g/mol. The maximum Gasteiger partial charge on any atom is 0.189 e. The summed E-state index contributed by atoms with van der Waals surface area (Å²) < 4.78 is 0. The third kappa shape index (κ3) is 24.6. The molecule has 0 saturated carbocycles. The molecule has 0 bridgehead atoms. The summed E-state index contributed by atoms with van der Waals surface area (Å²) in [5.74, 6) is 1.05. The number of nitrogens with one attached hydrogen (secondary N) is 1. The topological polar surface area (TPSA) is 93.6 Å². The average Bonchev–Trinajstić information content (AvgIpc) is 3.26. The van der Waals surface area contributed by atoms with Gasteiger partial charge in [0.15, 0.2) is 5.43 Å². The predicted molar refractivity (Wildman–Crippen MR) is 257 cm³/mol. The van der Waals surface area contributed by atoms with Gasteiger partial charge in [-0.2, -0.15) is 0 Å². The number of hydrogen-bond donors (Lipinski definition) is 4. The Hall–Kier alpha value is -2.76. The number of phenols is 3. The molecule has 0 aliphatic carbocycles. The maximum absolute atomic E-state index is 11.2. The number of para-hydroxylation sites is 1. The summed E-state index contributed by atoms with van der Waals surface area (Å²) in [6, 6.07) is 48.9. The summed E-state index contributed by atoms with van der Waals surface area (Å²) in [5.41, 5.74) is 0.958. The number of aromatic hydroxyl groups is 3. The van der Waals surface area contributed by atoms with E-state index in [1.54, 1.807) is 24.4 Å². The Balaban J connectivity index is -0.000000113. The van der Waals surface area contributed by atoms with E-state index < -0.39 is 0 Å². The Labute approximate surface area is 439 Å². The largest absolute Gasteiger partial charge is 0.507 e. The number of aromatic nitrogens is 1. The Morgan fingerprint density at radius 3 is 0.867 bits per heavy atom. The van der Waals surface area contributed by atoms with E-state index in [0.29, 0.717) is 17.2 Å². The minimum atomic E-state index is 0. The standard InChI is InChI=1S/3C10H8O.C9H7NO.5C2H6.3CH3.3Y/c3*11-10-7-3-5-8-4-1-2-6-9(8)10;11-9-5-6-10-8-4-2-1-3-7(8)9;5*1-2;;;;;;/h3*1-7,11H;1-6H,(H,10,11);5*1-2H3;3*1H3;;;/q;;;;;;;;;3*-1;;;. The number of pyridine rings is 1. The van der Waals surface area contributed by atoms with Crippen molar-refractivity contribution < 1.29 is 113 Å². The van der Waals surface area contributed by atoms with Crippen molar-refractivity contribution in [1.82, 2.24) is 4.98 Å². The minimum Gasteiger partial charge on any atom is -0.507 e. The zero-order valence-electron chi connectivity index (χ0n) is 38.6. The van der Waals surface area contributed by atoms with E-state index in [4.69, 9.17) is 0 Å².